The molecule has 2 aromatic rings. The molecule has 0 aliphatic heterocycles. The Morgan fingerprint density at radius 2 is 2.32 bits per heavy atom. The first-order valence-corrected chi connectivity index (χ1v) is 6.81. The minimum Gasteiger partial charge on any atom is -0.397 e. The molecule has 2 rings (SSSR count). The average Bonchev–Trinajstić information content (AvgIpc) is 2.76. The molecule has 0 aliphatic carbocycles. The van der Waals surface area contributed by atoms with E-state index in [2.05, 4.69) is 10.3 Å². The summed E-state index contributed by atoms with van der Waals surface area (Å²) in [4.78, 5) is 16.0. The molecule has 0 spiro atoms. The maximum absolute atomic E-state index is 11.8. The second-order valence-electron chi connectivity index (χ2n) is 4.25. The number of anilines is 2. The Bertz CT molecular complexity index is 594. The summed E-state index contributed by atoms with van der Waals surface area (Å²) in [7, 11) is 1.89. The van der Waals surface area contributed by atoms with Crippen LogP contribution in [0, 0.1) is 6.92 Å². The van der Waals surface area contributed by atoms with E-state index in [4.69, 9.17) is 5.73 Å². The molecular weight excluding hydrogens is 260 g/mol. The zero-order valence-electron chi connectivity index (χ0n) is 10.9. The lowest BCUT2D eigenvalue weighted by Gasteiger charge is -2.08. The van der Waals surface area contributed by atoms with Gasteiger partial charge in [-0.15, -0.1) is 0 Å². The van der Waals surface area contributed by atoms with Crippen LogP contribution in [0.15, 0.2) is 35.7 Å². The lowest BCUT2D eigenvalue weighted by molar-refractivity contribution is -0.113. The van der Waals surface area contributed by atoms with E-state index >= 15 is 0 Å². The van der Waals surface area contributed by atoms with Crippen molar-refractivity contribution in [2.45, 2.75) is 12.1 Å². The van der Waals surface area contributed by atoms with Crippen LogP contribution in [0.2, 0.25) is 0 Å². The SMILES string of the molecule is Cc1ccc(NC(=O)CSc2nccn2C)c(N)c1. The number of hydrogen-bond donors (Lipinski definition) is 2. The third-order valence-electron chi connectivity index (χ3n) is 2.59. The van der Waals surface area contributed by atoms with Crippen molar-refractivity contribution >= 4 is 29.0 Å². The third kappa shape index (κ3) is 3.51. The van der Waals surface area contributed by atoms with Gasteiger partial charge in [0, 0.05) is 19.4 Å². The number of amides is 1. The van der Waals surface area contributed by atoms with Crippen molar-refractivity contribution in [3.8, 4) is 0 Å². The first-order valence-electron chi connectivity index (χ1n) is 5.82. The first-order chi connectivity index (χ1) is 9.06. The van der Waals surface area contributed by atoms with E-state index in [9.17, 15) is 4.79 Å². The number of rotatable bonds is 4. The minimum absolute atomic E-state index is 0.0939. The Morgan fingerprint density at radius 1 is 1.53 bits per heavy atom. The van der Waals surface area contributed by atoms with Crippen molar-refractivity contribution in [1.82, 2.24) is 9.55 Å². The molecule has 0 fully saturated rings. The summed E-state index contributed by atoms with van der Waals surface area (Å²) < 4.78 is 1.87. The van der Waals surface area contributed by atoms with Gasteiger partial charge in [-0.25, -0.2) is 4.98 Å². The number of aryl methyl sites for hydroxylation is 2. The largest absolute Gasteiger partial charge is 0.397 e. The molecule has 19 heavy (non-hydrogen) atoms. The van der Waals surface area contributed by atoms with E-state index < -0.39 is 0 Å². The van der Waals surface area contributed by atoms with Crippen molar-refractivity contribution in [2.75, 3.05) is 16.8 Å². The summed E-state index contributed by atoms with van der Waals surface area (Å²) >= 11 is 1.39. The Hall–Kier alpha value is -1.95. The number of benzene rings is 1. The molecule has 0 atom stereocenters. The highest BCUT2D eigenvalue weighted by Crippen LogP contribution is 2.20. The zero-order valence-corrected chi connectivity index (χ0v) is 11.7. The Kier molecular flexibility index (Phi) is 4.11. The number of thioether (sulfide) groups is 1. The fourth-order valence-electron chi connectivity index (χ4n) is 1.60. The maximum atomic E-state index is 11.8. The lowest BCUT2D eigenvalue weighted by Crippen LogP contribution is -2.15. The van der Waals surface area contributed by atoms with Gasteiger partial charge in [0.15, 0.2) is 5.16 Å². The van der Waals surface area contributed by atoms with Crippen LogP contribution in [-0.2, 0) is 11.8 Å². The third-order valence-corrected chi connectivity index (χ3v) is 3.65. The monoisotopic (exact) mass is 276 g/mol. The van der Waals surface area contributed by atoms with Gasteiger partial charge in [0.1, 0.15) is 0 Å². The van der Waals surface area contributed by atoms with Gasteiger partial charge < -0.3 is 15.6 Å². The number of nitrogen functional groups attached to an aromatic ring is 1. The van der Waals surface area contributed by atoms with Crippen molar-refractivity contribution in [3.63, 3.8) is 0 Å². The van der Waals surface area contributed by atoms with E-state index in [1.807, 2.05) is 42.9 Å². The topological polar surface area (TPSA) is 72.9 Å². The second kappa shape index (κ2) is 5.79. The molecule has 0 saturated heterocycles. The standard InChI is InChI=1S/C13H16N4OS/c1-9-3-4-11(10(14)7-9)16-12(18)8-19-13-15-5-6-17(13)2/h3-7H,8,14H2,1-2H3,(H,16,18). The second-order valence-corrected chi connectivity index (χ2v) is 5.19. The quantitative estimate of drug-likeness (QED) is 0.662. The number of hydrogen-bond acceptors (Lipinski definition) is 4. The van der Waals surface area contributed by atoms with Crippen LogP contribution in [0.1, 0.15) is 5.56 Å². The molecule has 3 N–H and O–H groups in total. The summed E-state index contributed by atoms with van der Waals surface area (Å²) in [6, 6.07) is 5.56. The Balaban J connectivity index is 1.93. The van der Waals surface area contributed by atoms with Crippen molar-refractivity contribution in [2.24, 2.45) is 7.05 Å². The first kappa shape index (κ1) is 13.5. The summed E-state index contributed by atoms with van der Waals surface area (Å²) in [5.41, 5.74) is 8.14. The Labute approximate surface area is 116 Å². The minimum atomic E-state index is -0.0939. The molecule has 100 valence electrons. The molecule has 1 heterocycles. The number of aromatic nitrogens is 2. The number of nitrogens with one attached hydrogen (secondary N) is 1. The van der Waals surface area contributed by atoms with E-state index in [0.717, 1.165) is 10.7 Å². The van der Waals surface area contributed by atoms with Gasteiger partial charge in [-0.1, -0.05) is 17.8 Å². The highest BCUT2D eigenvalue weighted by atomic mass is 32.2. The molecule has 0 radical (unpaired) electrons. The number of nitrogens with two attached hydrogens (primary N) is 1. The van der Waals surface area contributed by atoms with E-state index in [1.165, 1.54) is 11.8 Å². The van der Waals surface area contributed by atoms with Crippen molar-refractivity contribution in [3.05, 3.63) is 36.2 Å². The van der Waals surface area contributed by atoms with Crippen molar-refractivity contribution < 1.29 is 4.79 Å². The number of carbonyl (C=O) groups is 1. The zero-order chi connectivity index (χ0) is 13.8. The molecule has 0 bridgehead atoms. The van der Waals surface area contributed by atoms with Crippen molar-refractivity contribution in [1.29, 1.82) is 0 Å². The van der Waals surface area contributed by atoms with Gasteiger partial charge in [0.05, 0.1) is 17.1 Å². The number of imidazole rings is 1. The molecule has 1 amide bonds. The molecule has 0 saturated carbocycles. The van der Waals surface area contributed by atoms with E-state index in [0.29, 0.717) is 17.1 Å². The summed E-state index contributed by atoms with van der Waals surface area (Å²) in [5, 5.41) is 3.61. The molecule has 1 aromatic heterocycles. The van der Waals surface area contributed by atoms with Crippen LogP contribution in [0.25, 0.3) is 0 Å². The fraction of sp³-hybridized carbons (Fsp3) is 0.231. The van der Waals surface area contributed by atoms with Gasteiger partial charge in [-0.05, 0) is 24.6 Å². The predicted molar refractivity (Wildman–Crippen MR) is 78.2 cm³/mol. The van der Waals surface area contributed by atoms with Gasteiger partial charge in [-0.2, -0.15) is 0 Å². The summed E-state index contributed by atoms with van der Waals surface area (Å²) in [6.45, 7) is 1.96. The fourth-order valence-corrected chi connectivity index (χ4v) is 2.34. The van der Waals surface area contributed by atoms with Gasteiger partial charge >= 0.3 is 0 Å². The van der Waals surface area contributed by atoms with Crippen LogP contribution in [-0.4, -0.2) is 21.2 Å². The van der Waals surface area contributed by atoms with Crippen LogP contribution in [0.5, 0.6) is 0 Å². The predicted octanol–water partition coefficient (Wildman–Crippen LogP) is 2.04. The van der Waals surface area contributed by atoms with Gasteiger partial charge in [-0.3, -0.25) is 4.79 Å². The molecular formula is C13H16N4OS. The normalized spacial score (nSPS) is 10.4. The molecule has 6 heteroatoms. The van der Waals surface area contributed by atoms with E-state index in [1.54, 1.807) is 6.20 Å². The molecule has 1 aromatic carbocycles. The van der Waals surface area contributed by atoms with Crippen LogP contribution in [0.3, 0.4) is 0 Å². The van der Waals surface area contributed by atoms with Gasteiger partial charge in [0.25, 0.3) is 0 Å². The van der Waals surface area contributed by atoms with Crippen LogP contribution < -0.4 is 11.1 Å². The highest BCUT2D eigenvalue weighted by molar-refractivity contribution is 7.99. The Morgan fingerprint density at radius 3 is 2.95 bits per heavy atom. The summed E-state index contributed by atoms with van der Waals surface area (Å²) in [6.07, 6.45) is 3.55. The molecule has 0 unspecified atom stereocenters. The molecule has 5 nitrogen and oxygen atoms in total. The maximum Gasteiger partial charge on any atom is 0.234 e. The molecule has 0 aliphatic rings. The lowest BCUT2D eigenvalue weighted by atomic mass is 10.2. The number of carbonyl (C=O) groups excluding carboxylic acids is 1. The number of nitrogens with zero attached hydrogens (tertiary/aromatic N) is 2. The van der Waals surface area contributed by atoms with Crippen LogP contribution >= 0.6 is 11.8 Å². The smallest absolute Gasteiger partial charge is 0.234 e. The highest BCUT2D eigenvalue weighted by Gasteiger charge is 2.08. The van der Waals surface area contributed by atoms with Gasteiger partial charge in [0.2, 0.25) is 5.91 Å². The van der Waals surface area contributed by atoms with E-state index in [-0.39, 0.29) is 5.91 Å². The van der Waals surface area contributed by atoms with Crippen LogP contribution in [0.4, 0.5) is 11.4 Å². The summed E-state index contributed by atoms with van der Waals surface area (Å²) in [5.74, 6) is 0.210. The average molecular weight is 276 g/mol.